The van der Waals surface area contributed by atoms with Crippen molar-refractivity contribution in [2.75, 3.05) is 0 Å². The highest BCUT2D eigenvalue weighted by Gasteiger charge is 2.12. The van der Waals surface area contributed by atoms with Gasteiger partial charge in [-0.15, -0.1) is 0 Å². The Morgan fingerprint density at radius 1 is 0.652 bits per heavy atom. The lowest BCUT2D eigenvalue weighted by Gasteiger charge is -2.16. The molecule has 1 heteroatoms. The summed E-state index contributed by atoms with van der Waals surface area (Å²) in [5.74, 6) is 0.296. The van der Waals surface area contributed by atoms with E-state index in [1.807, 2.05) is 24.3 Å². The molecule has 0 saturated heterocycles. The summed E-state index contributed by atoms with van der Waals surface area (Å²) in [4.78, 5) is 0. The van der Waals surface area contributed by atoms with Crippen LogP contribution in [0, 0.1) is 0 Å². The van der Waals surface area contributed by atoms with Crippen molar-refractivity contribution in [3.05, 3.63) is 102 Å². The second-order valence-corrected chi connectivity index (χ2v) is 5.49. The Morgan fingerprint density at radius 3 is 1.57 bits per heavy atom. The number of hydrogen-bond donors (Lipinski definition) is 1. The van der Waals surface area contributed by atoms with Crippen LogP contribution in [0.25, 0.3) is 11.1 Å². The molecule has 0 aliphatic rings. The van der Waals surface area contributed by atoms with Crippen LogP contribution in [0.1, 0.15) is 30.0 Å². The molecule has 1 nitrogen and oxygen atoms in total. The van der Waals surface area contributed by atoms with Gasteiger partial charge in [-0.1, -0.05) is 79.7 Å². The van der Waals surface area contributed by atoms with Gasteiger partial charge in [0.15, 0.2) is 0 Å². The normalized spacial score (nSPS) is 10.3. The van der Waals surface area contributed by atoms with Crippen LogP contribution in [-0.4, -0.2) is 5.11 Å². The van der Waals surface area contributed by atoms with Crippen molar-refractivity contribution in [1.82, 2.24) is 0 Å². The number of allylic oxidation sites excluding steroid dienone is 1. The van der Waals surface area contributed by atoms with Crippen LogP contribution in [-0.2, 0) is 0 Å². The predicted molar refractivity (Wildman–Crippen MR) is 97.2 cm³/mol. The van der Waals surface area contributed by atoms with Crippen LogP contribution in [0.5, 0.6) is 5.75 Å². The zero-order valence-corrected chi connectivity index (χ0v) is 13.2. The number of hydrogen-bond acceptors (Lipinski definition) is 1. The van der Waals surface area contributed by atoms with Crippen molar-refractivity contribution in [3.63, 3.8) is 0 Å². The number of benzene rings is 3. The minimum atomic E-state index is 0.296. The van der Waals surface area contributed by atoms with E-state index < -0.39 is 0 Å². The second kappa shape index (κ2) is 6.97. The molecule has 1 N–H and O–H groups in total. The Morgan fingerprint density at radius 2 is 1.13 bits per heavy atom. The van der Waals surface area contributed by atoms with Gasteiger partial charge in [0.2, 0.25) is 0 Å². The molecular formula is C22H20O. The van der Waals surface area contributed by atoms with E-state index in [4.69, 9.17) is 0 Å². The smallest absolute Gasteiger partial charge is 0.115 e. The highest BCUT2D eigenvalue weighted by molar-refractivity contribution is 5.98. The standard InChI is InChI=1S/C22H20O/c1-2-21(17-13-15-20(23)16-14-17)22(18-9-5-3-6-10-18)19-11-7-4-8-12-19/h3-16,23H,2H2,1H3. The SMILES string of the molecule is CCC(=C(c1ccccc1)c1ccccc1)c1ccc(O)cc1. The molecule has 0 aliphatic heterocycles. The summed E-state index contributed by atoms with van der Waals surface area (Å²) in [6, 6.07) is 28.4. The van der Waals surface area contributed by atoms with E-state index in [0.29, 0.717) is 5.75 Å². The summed E-state index contributed by atoms with van der Waals surface area (Å²) in [6.07, 6.45) is 0.921. The zero-order chi connectivity index (χ0) is 16.1. The fourth-order valence-corrected chi connectivity index (χ4v) is 2.91. The molecule has 3 rings (SSSR count). The minimum absolute atomic E-state index is 0.296. The van der Waals surface area contributed by atoms with E-state index >= 15 is 0 Å². The summed E-state index contributed by atoms with van der Waals surface area (Å²) in [5.41, 5.74) is 6.10. The molecule has 3 aromatic carbocycles. The molecule has 0 aromatic heterocycles. The van der Waals surface area contributed by atoms with Gasteiger partial charge in [0.25, 0.3) is 0 Å². The lowest BCUT2D eigenvalue weighted by atomic mass is 9.88. The first-order valence-corrected chi connectivity index (χ1v) is 7.93. The molecule has 0 saturated carbocycles. The molecule has 0 amide bonds. The Kier molecular flexibility index (Phi) is 4.58. The lowest BCUT2D eigenvalue weighted by Crippen LogP contribution is -1.94. The maximum absolute atomic E-state index is 9.57. The Bertz CT molecular complexity index is 743. The van der Waals surface area contributed by atoms with Crippen LogP contribution >= 0.6 is 0 Å². The predicted octanol–water partition coefficient (Wildman–Crippen LogP) is 5.76. The van der Waals surface area contributed by atoms with E-state index in [1.165, 1.54) is 22.3 Å². The third-order valence-corrected chi connectivity index (χ3v) is 4.00. The molecule has 0 fully saturated rings. The van der Waals surface area contributed by atoms with E-state index in [9.17, 15) is 5.11 Å². The maximum Gasteiger partial charge on any atom is 0.115 e. The van der Waals surface area contributed by atoms with Crippen molar-refractivity contribution < 1.29 is 5.11 Å². The summed E-state index contributed by atoms with van der Waals surface area (Å²) < 4.78 is 0. The monoisotopic (exact) mass is 300 g/mol. The lowest BCUT2D eigenvalue weighted by molar-refractivity contribution is 0.475. The van der Waals surface area contributed by atoms with Crippen molar-refractivity contribution in [1.29, 1.82) is 0 Å². The van der Waals surface area contributed by atoms with Gasteiger partial charge in [0, 0.05) is 0 Å². The molecule has 0 aliphatic carbocycles. The second-order valence-electron chi connectivity index (χ2n) is 5.49. The Balaban J connectivity index is 2.25. The van der Waals surface area contributed by atoms with E-state index in [-0.39, 0.29) is 0 Å². The van der Waals surface area contributed by atoms with Gasteiger partial charge in [0.05, 0.1) is 0 Å². The van der Waals surface area contributed by atoms with Gasteiger partial charge in [-0.2, -0.15) is 0 Å². The molecular weight excluding hydrogens is 280 g/mol. The van der Waals surface area contributed by atoms with Crippen LogP contribution < -0.4 is 0 Å². The van der Waals surface area contributed by atoms with Crippen LogP contribution in [0.3, 0.4) is 0 Å². The van der Waals surface area contributed by atoms with Gasteiger partial charge < -0.3 is 5.11 Å². The molecule has 0 heterocycles. The van der Waals surface area contributed by atoms with E-state index in [2.05, 4.69) is 55.5 Å². The summed E-state index contributed by atoms with van der Waals surface area (Å²) >= 11 is 0. The first-order valence-electron chi connectivity index (χ1n) is 7.93. The maximum atomic E-state index is 9.57. The average Bonchev–Trinajstić information content (AvgIpc) is 2.62. The third kappa shape index (κ3) is 3.35. The fourth-order valence-electron chi connectivity index (χ4n) is 2.91. The first-order chi connectivity index (χ1) is 11.3. The molecule has 0 atom stereocenters. The summed E-state index contributed by atoms with van der Waals surface area (Å²) in [6.45, 7) is 2.17. The third-order valence-electron chi connectivity index (χ3n) is 4.00. The van der Waals surface area contributed by atoms with Crippen LogP contribution in [0.2, 0.25) is 0 Å². The number of phenolic OH excluding ortho intramolecular Hbond substituents is 1. The van der Waals surface area contributed by atoms with Crippen LogP contribution in [0.4, 0.5) is 0 Å². The number of phenols is 1. The molecule has 3 aromatic rings. The van der Waals surface area contributed by atoms with Gasteiger partial charge in [-0.25, -0.2) is 0 Å². The molecule has 23 heavy (non-hydrogen) atoms. The summed E-state index contributed by atoms with van der Waals surface area (Å²) in [5, 5.41) is 9.57. The van der Waals surface area contributed by atoms with Crippen molar-refractivity contribution >= 4 is 11.1 Å². The Labute approximate surface area is 137 Å². The molecule has 0 bridgehead atoms. The topological polar surface area (TPSA) is 20.2 Å². The fraction of sp³-hybridized carbons (Fsp3) is 0.0909. The van der Waals surface area contributed by atoms with E-state index in [0.717, 1.165) is 12.0 Å². The largest absolute Gasteiger partial charge is 0.508 e. The Hall–Kier alpha value is -2.80. The van der Waals surface area contributed by atoms with Gasteiger partial charge in [0.1, 0.15) is 5.75 Å². The van der Waals surface area contributed by atoms with E-state index in [1.54, 1.807) is 12.1 Å². The quantitative estimate of drug-likeness (QED) is 0.607. The van der Waals surface area contributed by atoms with Crippen LogP contribution in [0.15, 0.2) is 84.9 Å². The highest BCUT2D eigenvalue weighted by atomic mass is 16.3. The molecule has 0 unspecified atom stereocenters. The molecule has 114 valence electrons. The average molecular weight is 300 g/mol. The van der Waals surface area contributed by atoms with Gasteiger partial charge in [-0.05, 0) is 46.4 Å². The number of aromatic hydroxyl groups is 1. The molecule has 0 spiro atoms. The van der Waals surface area contributed by atoms with Crippen molar-refractivity contribution in [2.24, 2.45) is 0 Å². The minimum Gasteiger partial charge on any atom is -0.508 e. The number of rotatable bonds is 4. The van der Waals surface area contributed by atoms with Crippen molar-refractivity contribution in [3.8, 4) is 5.75 Å². The van der Waals surface area contributed by atoms with Gasteiger partial charge >= 0.3 is 0 Å². The zero-order valence-electron chi connectivity index (χ0n) is 13.2. The van der Waals surface area contributed by atoms with Crippen molar-refractivity contribution in [2.45, 2.75) is 13.3 Å². The molecule has 0 radical (unpaired) electrons. The van der Waals surface area contributed by atoms with Gasteiger partial charge in [-0.3, -0.25) is 0 Å². The highest BCUT2D eigenvalue weighted by Crippen LogP contribution is 2.34. The summed E-state index contributed by atoms with van der Waals surface area (Å²) in [7, 11) is 0. The first kappa shape index (κ1) is 15.1.